The fraction of sp³-hybridized carbons (Fsp3) is 0.367. The number of thiazole rings is 1. The average Bonchev–Trinajstić information content (AvgIpc) is 3.51. The van der Waals surface area contributed by atoms with Crippen LogP contribution in [0.2, 0.25) is 0 Å². The van der Waals surface area contributed by atoms with Gasteiger partial charge in [-0.15, -0.1) is 0 Å². The van der Waals surface area contributed by atoms with Crippen LogP contribution < -0.4 is 24.5 Å². The van der Waals surface area contributed by atoms with E-state index in [4.69, 9.17) is 9.47 Å². The van der Waals surface area contributed by atoms with E-state index >= 15 is 0 Å². The number of aromatic nitrogens is 1. The lowest BCUT2D eigenvalue weighted by Gasteiger charge is -2.25. The highest BCUT2D eigenvalue weighted by molar-refractivity contribution is 7.07. The van der Waals surface area contributed by atoms with Crippen molar-refractivity contribution < 1.29 is 14.3 Å². The van der Waals surface area contributed by atoms with Crippen LogP contribution in [0.1, 0.15) is 56.3 Å². The fourth-order valence-corrected chi connectivity index (χ4v) is 6.24. The van der Waals surface area contributed by atoms with Crippen LogP contribution in [0.4, 0.5) is 5.69 Å². The van der Waals surface area contributed by atoms with Crippen LogP contribution in [0.5, 0.6) is 5.75 Å². The van der Waals surface area contributed by atoms with Gasteiger partial charge in [-0.2, -0.15) is 0 Å². The minimum absolute atomic E-state index is 0.182. The smallest absolute Gasteiger partial charge is 0.338 e. The van der Waals surface area contributed by atoms with E-state index in [1.54, 1.807) is 18.6 Å². The van der Waals surface area contributed by atoms with Crippen molar-refractivity contribution in [2.45, 2.75) is 52.7 Å². The van der Waals surface area contributed by atoms with Crippen LogP contribution in [-0.4, -0.2) is 36.8 Å². The van der Waals surface area contributed by atoms with Crippen molar-refractivity contribution in [1.29, 1.82) is 0 Å². The number of carbonyl (C=O) groups excluding carboxylic acids is 1. The van der Waals surface area contributed by atoms with Gasteiger partial charge in [0.25, 0.3) is 5.56 Å². The number of ether oxygens (including phenoxy) is 2. The molecule has 7 nitrogen and oxygen atoms in total. The molecule has 0 bridgehead atoms. The number of allylic oxidation sites excluding steroid dienone is 1. The quantitative estimate of drug-likeness (QED) is 0.448. The first-order valence-electron chi connectivity index (χ1n) is 13.0. The van der Waals surface area contributed by atoms with Crippen LogP contribution in [-0.2, 0) is 9.53 Å². The van der Waals surface area contributed by atoms with Crippen molar-refractivity contribution in [1.82, 2.24) is 4.57 Å². The third-order valence-corrected chi connectivity index (χ3v) is 7.96. The monoisotopic (exact) mass is 531 g/mol. The normalized spacial score (nSPS) is 17.6. The van der Waals surface area contributed by atoms with Gasteiger partial charge in [0.05, 0.1) is 35.1 Å². The minimum atomic E-state index is -0.648. The second-order valence-corrected chi connectivity index (χ2v) is 11.1. The minimum Gasteiger partial charge on any atom is -0.497 e. The number of benzene rings is 2. The van der Waals surface area contributed by atoms with Gasteiger partial charge >= 0.3 is 5.97 Å². The fourth-order valence-electron chi connectivity index (χ4n) is 5.19. The summed E-state index contributed by atoms with van der Waals surface area (Å²) in [6.45, 7) is 9.71. The first kappa shape index (κ1) is 26.0. The van der Waals surface area contributed by atoms with Gasteiger partial charge in [-0.25, -0.2) is 9.79 Å². The zero-order valence-electron chi connectivity index (χ0n) is 22.5. The van der Waals surface area contributed by atoms with Crippen molar-refractivity contribution in [3.05, 3.63) is 90.1 Å². The summed E-state index contributed by atoms with van der Waals surface area (Å²) in [5, 5.41) is 0. The Morgan fingerprint density at radius 1 is 1.11 bits per heavy atom. The molecule has 2 aliphatic heterocycles. The summed E-state index contributed by atoms with van der Waals surface area (Å²) >= 11 is 1.34. The Kier molecular flexibility index (Phi) is 7.25. The lowest BCUT2D eigenvalue weighted by molar-refractivity contribution is -0.143. The van der Waals surface area contributed by atoms with Gasteiger partial charge in [-0.05, 0) is 87.6 Å². The molecule has 0 N–H and O–H groups in total. The number of methoxy groups -OCH3 is 1. The maximum Gasteiger partial charge on any atom is 0.338 e. The summed E-state index contributed by atoms with van der Waals surface area (Å²) in [4.78, 5) is 34.8. The molecule has 38 heavy (non-hydrogen) atoms. The summed E-state index contributed by atoms with van der Waals surface area (Å²) in [6, 6.07) is 13.1. The molecule has 8 heteroatoms. The van der Waals surface area contributed by atoms with Gasteiger partial charge in [0.2, 0.25) is 0 Å². The predicted octanol–water partition coefficient (Wildman–Crippen LogP) is 4.10. The first-order valence-corrected chi connectivity index (χ1v) is 13.8. The van der Waals surface area contributed by atoms with E-state index in [2.05, 4.69) is 35.0 Å². The van der Waals surface area contributed by atoms with Crippen molar-refractivity contribution >= 4 is 29.1 Å². The molecule has 1 atom stereocenters. The highest BCUT2D eigenvalue weighted by Gasteiger charge is 2.33. The SMILES string of the molecule is COc1ccc([C@@H]2C(C(=O)OC(C)C)=C(C)N=c3s/c(=C/c4ccc(N5CCCC5)c(C)c4)c(=O)n32)cc1. The first-order chi connectivity index (χ1) is 18.3. The number of hydrogen-bond acceptors (Lipinski definition) is 7. The second kappa shape index (κ2) is 10.6. The molecular weight excluding hydrogens is 498 g/mol. The van der Waals surface area contributed by atoms with E-state index in [-0.39, 0.29) is 11.7 Å². The molecule has 5 rings (SSSR count). The summed E-state index contributed by atoms with van der Waals surface area (Å²) in [7, 11) is 1.60. The lowest BCUT2D eigenvalue weighted by atomic mass is 9.96. The highest BCUT2D eigenvalue weighted by Crippen LogP contribution is 2.32. The number of hydrogen-bond donors (Lipinski definition) is 0. The summed E-state index contributed by atoms with van der Waals surface area (Å²) in [6.07, 6.45) is 4.07. The summed E-state index contributed by atoms with van der Waals surface area (Å²) < 4.78 is 13.1. The molecule has 2 aliphatic rings. The number of anilines is 1. The zero-order chi connectivity index (χ0) is 27.0. The average molecular weight is 532 g/mol. The van der Waals surface area contributed by atoms with E-state index in [0.717, 1.165) is 24.2 Å². The molecule has 1 fully saturated rings. The van der Waals surface area contributed by atoms with Gasteiger partial charge < -0.3 is 14.4 Å². The van der Waals surface area contributed by atoms with E-state index < -0.39 is 12.0 Å². The maximum atomic E-state index is 13.9. The third kappa shape index (κ3) is 4.92. The molecule has 0 saturated carbocycles. The number of carbonyl (C=O) groups is 1. The molecule has 3 heterocycles. The van der Waals surface area contributed by atoms with E-state index in [0.29, 0.717) is 26.4 Å². The zero-order valence-corrected chi connectivity index (χ0v) is 23.3. The molecule has 0 radical (unpaired) electrons. The topological polar surface area (TPSA) is 73.1 Å². The van der Waals surface area contributed by atoms with Crippen molar-refractivity contribution in [3.63, 3.8) is 0 Å². The number of esters is 1. The van der Waals surface area contributed by atoms with Crippen molar-refractivity contribution in [2.24, 2.45) is 4.99 Å². The molecule has 0 spiro atoms. The van der Waals surface area contributed by atoms with Crippen LogP contribution in [0.3, 0.4) is 0 Å². The molecular formula is C30H33N3O4S. The Bertz CT molecular complexity index is 1570. The number of rotatable bonds is 6. The van der Waals surface area contributed by atoms with Gasteiger partial charge in [-0.1, -0.05) is 29.5 Å². The van der Waals surface area contributed by atoms with Gasteiger partial charge in [0.15, 0.2) is 4.80 Å². The number of nitrogens with zero attached hydrogens (tertiary/aromatic N) is 3. The van der Waals surface area contributed by atoms with Crippen molar-refractivity contribution in [2.75, 3.05) is 25.1 Å². The van der Waals surface area contributed by atoms with E-state index in [1.165, 1.54) is 35.4 Å². The molecule has 0 unspecified atom stereocenters. The van der Waals surface area contributed by atoms with Crippen LogP contribution in [0.25, 0.3) is 6.08 Å². The van der Waals surface area contributed by atoms with Gasteiger partial charge in [0, 0.05) is 18.8 Å². The molecule has 2 aromatic carbocycles. The summed E-state index contributed by atoms with van der Waals surface area (Å²) in [5.74, 6) is 0.227. The largest absolute Gasteiger partial charge is 0.497 e. The molecule has 3 aromatic rings. The Morgan fingerprint density at radius 2 is 1.82 bits per heavy atom. The summed E-state index contributed by atoms with van der Waals surface area (Å²) in [5.41, 5.74) is 4.94. The van der Waals surface area contributed by atoms with Crippen LogP contribution >= 0.6 is 11.3 Å². The Morgan fingerprint density at radius 3 is 2.45 bits per heavy atom. The lowest BCUT2D eigenvalue weighted by Crippen LogP contribution is -2.40. The third-order valence-electron chi connectivity index (χ3n) is 6.98. The van der Waals surface area contributed by atoms with Gasteiger partial charge in [0.1, 0.15) is 5.75 Å². The van der Waals surface area contributed by atoms with Crippen LogP contribution in [0.15, 0.2) is 63.5 Å². The van der Waals surface area contributed by atoms with E-state index in [9.17, 15) is 9.59 Å². The highest BCUT2D eigenvalue weighted by atomic mass is 32.1. The maximum absolute atomic E-state index is 13.9. The Balaban J connectivity index is 1.62. The predicted molar refractivity (Wildman–Crippen MR) is 151 cm³/mol. The Labute approximate surface area is 226 Å². The Hall–Kier alpha value is -3.65. The van der Waals surface area contributed by atoms with Crippen LogP contribution in [0, 0.1) is 6.92 Å². The van der Waals surface area contributed by atoms with E-state index in [1.807, 2.05) is 44.2 Å². The molecule has 0 amide bonds. The number of aryl methyl sites for hydroxylation is 1. The van der Waals surface area contributed by atoms with Crippen molar-refractivity contribution in [3.8, 4) is 5.75 Å². The molecule has 1 aromatic heterocycles. The standard InChI is InChI=1S/C30H33N3O4S/c1-18(2)37-29(35)26-20(4)31-30-33(27(26)22-9-11-23(36-5)12-10-22)28(34)25(38-30)17-21-8-13-24(19(3)16-21)32-14-6-7-15-32/h8-13,16-18,27H,6-7,14-15H2,1-5H3/b25-17+/t27-/m1/s1. The molecule has 1 saturated heterocycles. The number of fused-ring (bicyclic) bond motifs is 1. The molecule has 0 aliphatic carbocycles. The van der Waals surface area contributed by atoms with Gasteiger partial charge in [-0.3, -0.25) is 9.36 Å². The second-order valence-electron chi connectivity index (χ2n) is 10.0. The molecule has 198 valence electrons.